The summed E-state index contributed by atoms with van der Waals surface area (Å²) >= 11 is 4.13. The van der Waals surface area contributed by atoms with Gasteiger partial charge in [-0.2, -0.15) is 0 Å². The van der Waals surface area contributed by atoms with Gasteiger partial charge < -0.3 is 14.8 Å². The van der Waals surface area contributed by atoms with Crippen LogP contribution in [0.4, 0.5) is 5.69 Å². The van der Waals surface area contributed by atoms with E-state index in [2.05, 4.69) is 46.4 Å². The van der Waals surface area contributed by atoms with Gasteiger partial charge in [0, 0.05) is 21.6 Å². The maximum Gasteiger partial charge on any atom is 0.255 e. The fourth-order valence-corrected chi connectivity index (χ4v) is 8.16. The normalized spacial score (nSPS) is 30.8. The van der Waals surface area contributed by atoms with Crippen LogP contribution in [-0.2, 0) is 5.41 Å². The van der Waals surface area contributed by atoms with E-state index in [1.54, 1.807) is 32.4 Å². The van der Waals surface area contributed by atoms with E-state index in [1.165, 1.54) is 44.1 Å². The second-order valence-electron chi connectivity index (χ2n) is 9.98. The Kier molecular flexibility index (Phi) is 5.08. The van der Waals surface area contributed by atoms with Crippen molar-refractivity contribution in [2.45, 2.75) is 55.2 Å². The van der Waals surface area contributed by atoms with E-state index in [0.717, 1.165) is 23.1 Å². The number of methoxy groups -OCH3 is 2. The smallest absolute Gasteiger partial charge is 0.255 e. The van der Waals surface area contributed by atoms with Gasteiger partial charge in [-0.3, -0.25) is 4.79 Å². The Hall–Kier alpha value is -2.01. The number of carbonyl (C=O) groups excluding carboxylic acids is 1. The second-order valence-corrected chi connectivity index (χ2v) is 11.7. The summed E-state index contributed by atoms with van der Waals surface area (Å²) < 4.78 is 11.0. The first-order valence-electron chi connectivity index (χ1n) is 11.2. The summed E-state index contributed by atoms with van der Waals surface area (Å²) in [5.74, 6) is 2.70. The molecule has 4 aliphatic carbocycles. The summed E-state index contributed by atoms with van der Waals surface area (Å²) in [6.07, 6.45) is 7.79. The first-order chi connectivity index (χ1) is 14.8. The predicted molar refractivity (Wildman–Crippen MR) is 127 cm³/mol. The van der Waals surface area contributed by atoms with Crippen LogP contribution in [0.2, 0.25) is 0 Å². The SMILES string of the molecule is COc1cc(OC)cc(C(=O)Nc2cc(C34C[C@@H]5C[C@@H](CC(Br)(C5)C3)C4)ccc2C)c1. The van der Waals surface area contributed by atoms with Crippen molar-refractivity contribution >= 4 is 27.5 Å². The summed E-state index contributed by atoms with van der Waals surface area (Å²) in [5, 5.41) is 3.15. The number of aryl methyl sites for hydroxylation is 1. The molecule has 2 aromatic carbocycles. The van der Waals surface area contributed by atoms with Crippen molar-refractivity contribution in [3.63, 3.8) is 0 Å². The van der Waals surface area contributed by atoms with Gasteiger partial charge in [0.15, 0.2) is 0 Å². The number of carbonyl (C=O) groups is 1. The second kappa shape index (κ2) is 7.54. The molecular weight excluding hydrogens is 454 g/mol. The summed E-state index contributed by atoms with van der Waals surface area (Å²) in [5.41, 5.74) is 4.11. The van der Waals surface area contributed by atoms with Crippen molar-refractivity contribution in [1.29, 1.82) is 0 Å². The summed E-state index contributed by atoms with van der Waals surface area (Å²) in [4.78, 5) is 13.1. The van der Waals surface area contributed by atoms with E-state index >= 15 is 0 Å². The molecule has 6 rings (SSSR count). The Labute approximate surface area is 192 Å². The largest absolute Gasteiger partial charge is 0.497 e. The molecule has 0 heterocycles. The third-order valence-corrected chi connectivity index (χ3v) is 8.63. The molecule has 4 nitrogen and oxygen atoms in total. The minimum Gasteiger partial charge on any atom is -0.497 e. The quantitative estimate of drug-likeness (QED) is 0.511. The van der Waals surface area contributed by atoms with Crippen LogP contribution in [-0.4, -0.2) is 24.5 Å². The number of alkyl halides is 1. The topological polar surface area (TPSA) is 47.6 Å². The maximum atomic E-state index is 13.1. The summed E-state index contributed by atoms with van der Waals surface area (Å²) in [7, 11) is 3.18. The van der Waals surface area contributed by atoms with Gasteiger partial charge in [-0.25, -0.2) is 0 Å². The monoisotopic (exact) mass is 483 g/mol. The zero-order valence-electron chi connectivity index (χ0n) is 18.5. The molecule has 0 spiro atoms. The average molecular weight is 484 g/mol. The summed E-state index contributed by atoms with van der Waals surface area (Å²) in [6, 6.07) is 11.9. The zero-order valence-corrected chi connectivity index (χ0v) is 20.1. The number of anilines is 1. The van der Waals surface area contributed by atoms with Crippen LogP contribution in [0.5, 0.6) is 11.5 Å². The number of hydrogen-bond acceptors (Lipinski definition) is 3. The molecule has 4 atom stereocenters. The minimum absolute atomic E-state index is 0.153. The van der Waals surface area contributed by atoms with Gasteiger partial charge in [0.25, 0.3) is 5.91 Å². The Morgan fingerprint density at radius 2 is 1.65 bits per heavy atom. The molecule has 5 heteroatoms. The fourth-order valence-electron chi connectivity index (χ4n) is 6.71. The molecule has 4 fully saturated rings. The van der Waals surface area contributed by atoms with Gasteiger partial charge in [0.2, 0.25) is 0 Å². The van der Waals surface area contributed by atoms with E-state index in [0.29, 0.717) is 21.4 Å². The molecule has 1 N–H and O–H groups in total. The number of benzene rings is 2. The third-order valence-electron chi connectivity index (χ3n) is 7.70. The Morgan fingerprint density at radius 1 is 1.00 bits per heavy atom. The van der Waals surface area contributed by atoms with E-state index in [4.69, 9.17) is 9.47 Å². The molecule has 2 aromatic rings. The third kappa shape index (κ3) is 3.75. The lowest BCUT2D eigenvalue weighted by molar-refractivity contribution is 0.0150. The number of rotatable bonds is 5. The van der Waals surface area contributed by atoms with Crippen molar-refractivity contribution < 1.29 is 14.3 Å². The summed E-state index contributed by atoms with van der Waals surface area (Å²) in [6.45, 7) is 2.05. The molecule has 31 heavy (non-hydrogen) atoms. The fraction of sp³-hybridized carbons (Fsp3) is 0.500. The first-order valence-corrected chi connectivity index (χ1v) is 12.0. The zero-order chi connectivity index (χ0) is 21.8. The number of hydrogen-bond donors (Lipinski definition) is 1. The maximum absolute atomic E-state index is 13.1. The van der Waals surface area contributed by atoms with Crippen molar-refractivity contribution in [2.75, 3.05) is 19.5 Å². The van der Waals surface area contributed by atoms with Crippen molar-refractivity contribution in [2.24, 2.45) is 11.8 Å². The van der Waals surface area contributed by atoms with Crippen LogP contribution in [0.25, 0.3) is 0 Å². The highest BCUT2D eigenvalue weighted by Gasteiger charge is 2.57. The van der Waals surface area contributed by atoms with E-state index < -0.39 is 0 Å². The van der Waals surface area contributed by atoms with Gasteiger partial charge in [-0.15, -0.1) is 0 Å². The Balaban J connectivity index is 1.44. The van der Waals surface area contributed by atoms with E-state index in [-0.39, 0.29) is 11.3 Å². The lowest BCUT2D eigenvalue weighted by Crippen LogP contribution is -2.54. The van der Waals surface area contributed by atoms with Crippen molar-refractivity contribution in [1.82, 2.24) is 0 Å². The average Bonchev–Trinajstić information content (AvgIpc) is 2.73. The van der Waals surface area contributed by atoms with Gasteiger partial charge >= 0.3 is 0 Å². The lowest BCUT2D eigenvalue weighted by Gasteiger charge is -2.60. The highest BCUT2D eigenvalue weighted by atomic mass is 79.9. The molecule has 0 aromatic heterocycles. The van der Waals surface area contributed by atoms with E-state index in [9.17, 15) is 4.79 Å². The predicted octanol–water partition coefficient (Wildman–Crippen LogP) is 6.25. The molecule has 1 amide bonds. The molecule has 0 radical (unpaired) electrons. The van der Waals surface area contributed by atoms with E-state index in [1.807, 2.05) is 0 Å². The lowest BCUT2D eigenvalue weighted by atomic mass is 9.48. The van der Waals surface area contributed by atoms with Crippen LogP contribution >= 0.6 is 15.9 Å². The van der Waals surface area contributed by atoms with Crippen LogP contribution < -0.4 is 14.8 Å². The molecular formula is C26H30BrNO3. The number of amides is 1. The molecule has 4 saturated carbocycles. The van der Waals surface area contributed by atoms with Gasteiger partial charge in [-0.05, 0) is 92.0 Å². The Bertz CT molecular complexity index is 997. The molecule has 0 saturated heterocycles. The number of nitrogens with one attached hydrogen (secondary N) is 1. The first kappa shape index (κ1) is 20.9. The van der Waals surface area contributed by atoms with Crippen molar-refractivity contribution in [3.8, 4) is 11.5 Å². The molecule has 164 valence electrons. The highest BCUT2D eigenvalue weighted by Crippen LogP contribution is 2.65. The molecule has 4 bridgehead atoms. The minimum atomic E-state index is -0.153. The molecule has 0 aliphatic heterocycles. The van der Waals surface area contributed by atoms with Crippen LogP contribution in [0.1, 0.15) is 60.0 Å². The van der Waals surface area contributed by atoms with Crippen LogP contribution in [0.3, 0.4) is 0 Å². The van der Waals surface area contributed by atoms with Gasteiger partial charge in [0.1, 0.15) is 11.5 Å². The number of ether oxygens (including phenoxy) is 2. The van der Waals surface area contributed by atoms with Crippen molar-refractivity contribution in [3.05, 3.63) is 53.1 Å². The van der Waals surface area contributed by atoms with Crippen LogP contribution in [0.15, 0.2) is 36.4 Å². The molecule has 2 unspecified atom stereocenters. The van der Waals surface area contributed by atoms with Gasteiger partial charge in [-0.1, -0.05) is 28.1 Å². The van der Waals surface area contributed by atoms with Gasteiger partial charge in [0.05, 0.1) is 14.2 Å². The van der Waals surface area contributed by atoms with Crippen LogP contribution in [0, 0.1) is 18.8 Å². The highest BCUT2D eigenvalue weighted by molar-refractivity contribution is 9.10. The standard InChI is InChI=1S/C26H30BrNO3/c1-16-4-5-20(25-11-17-6-18(12-25)14-26(27,13-17)15-25)9-23(16)28-24(29)19-7-21(30-2)10-22(8-19)31-3/h4-5,7-10,17-18H,6,11-15H2,1-3H3,(H,28,29)/t17-,18+,25?,26?. The Morgan fingerprint density at radius 3 is 2.23 bits per heavy atom. The number of halogens is 1. The molecule has 4 aliphatic rings.